The third kappa shape index (κ3) is 3.44. The molecule has 0 fully saturated rings. The van der Waals surface area contributed by atoms with E-state index in [-0.39, 0.29) is 18.2 Å². The highest BCUT2D eigenvalue weighted by Gasteiger charge is 2.28. The monoisotopic (exact) mass is 259 g/mol. The molecule has 0 aromatic carbocycles. The largest absolute Gasteiger partial charge is 0.273 e. The van der Waals surface area contributed by atoms with E-state index in [4.69, 9.17) is 0 Å². The van der Waals surface area contributed by atoms with Crippen LogP contribution in [0.15, 0.2) is 34.7 Å². The quantitative estimate of drug-likeness (QED) is 0.590. The first-order valence-electron chi connectivity index (χ1n) is 5.73. The molecule has 7 heteroatoms. The van der Waals surface area contributed by atoms with Gasteiger partial charge in [-0.1, -0.05) is 6.07 Å². The summed E-state index contributed by atoms with van der Waals surface area (Å²) in [5.41, 5.74) is 6.08. The zero-order valence-electron chi connectivity index (χ0n) is 10.3. The molecule has 1 aliphatic heterocycles. The Balaban J connectivity index is 1.84. The third-order valence-corrected chi connectivity index (χ3v) is 2.64. The summed E-state index contributed by atoms with van der Waals surface area (Å²) in [6, 6.07) is 3.58. The summed E-state index contributed by atoms with van der Waals surface area (Å²) in [4.78, 5) is 26.9. The number of hydrazone groups is 2. The van der Waals surface area contributed by atoms with Crippen LogP contribution in [0.3, 0.4) is 0 Å². The molecule has 0 saturated heterocycles. The fraction of sp³-hybridized carbons (Fsp3) is 0.250. The molecule has 2 rings (SSSR count). The van der Waals surface area contributed by atoms with Gasteiger partial charge in [0.1, 0.15) is 0 Å². The molecule has 0 radical (unpaired) electrons. The number of hydrogen-bond acceptors (Lipinski definition) is 5. The van der Waals surface area contributed by atoms with Crippen LogP contribution in [0, 0.1) is 5.92 Å². The van der Waals surface area contributed by atoms with Crippen LogP contribution >= 0.6 is 0 Å². The van der Waals surface area contributed by atoms with Crippen molar-refractivity contribution in [3.05, 3.63) is 30.1 Å². The molecule has 1 aromatic heterocycles. The number of rotatable bonds is 4. The summed E-state index contributed by atoms with van der Waals surface area (Å²) in [6.45, 7) is 1.70. The van der Waals surface area contributed by atoms with Crippen molar-refractivity contribution < 1.29 is 9.59 Å². The fourth-order valence-electron chi connectivity index (χ4n) is 1.59. The lowest BCUT2D eigenvalue weighted by molar-refractivity contribution is -0.127. The first-order chi connectivity index (χ1) is 9.16. The van der Waals surface area contributed by atoms with Gasteiger partial charge < -0.3 is 0 Å². The second-order valence-corrected chi connectivity index (χ2v) is 4.07. The van der Waals surface area contributed by atoms with E-state index in [0.29, 0.717) is 5.71 Å². The third-order valence-electron chi connectivity index (χ3n) is 2.64. The van der Waals surface area contributed by atoms with Gasteiger partial charge in [0.2, 0.25) is 11.8 Å². The van der Waals surface area contributed by atoms with Crippen molar-refractivity contribution in [2.45, 2.75) is 13.3 Å². The highest BCUT2D eigenvalue weighted by Crippen LogP contribution is 2.11. The van der Waals surface area contributed by atoms with Gasteiger partial charge >= 0.3 is 0 Å². The number of hydrogen-bond donors (Lipinski definition) is 2. The number of amides is 2. The molecular weight excluding hydrogens is 246 g/mol. The van der Waals surface area contributed by atoms with E-state index in [9.17, 15) is 9.59 Å². The van der Waals surface area contributed by atoms with Crippen molar-refractivity contribution in [2.75, 3.05) is 0 Å². The second-order valence-electron chi connectivity index (χ2n) is 4.07. The van der Waals surface area contributed by atoms with Gasteiger partial charge in [-0.25, -0.2) is 10.9 Å². The molecule has 2 amide bonds. The van der Waals surface area contributed by atoms with Gasteiger partial charge in [-0.3, -0.25) is 14.6 Å². The number of pyridine rings is 1. The Morgan fingerprint density at radius 3 is 3.11 bits per heavy atom. The fourth-order valence-corrected chi connectivity index (χ4v) is 1.59. The Labute approximate surface area is 109 Å². The lowest BCUT2D eigenvalue weighted by Crippen LogP contribution is -2.29. The summed E-state index contributed by atoms with van der Waals surface area (Å²) in [7, 11) is 0. The lowest BCUT2D eigenvalue weighted by atomic mass is 10.0. The minimum atomic E-state index is -0.506. The standard InChI is InChI=1S/C12H13N5O2/c1-8-10(12(19)17-15-8)5-11(18)16-14-7-9-3-2-4-13-6-9/h2-4,6-7,10H,5H2,1H3,(H,16,18)(H,17,19)/b14-7-/t10-/m1/s1. The molecular formula is C12H13N5O2. The summed E-state index contributed by atoms with van der Waals surface area (Å²) >= 11 is 0. The zero-order valence-corrected chi connectivity index (χ0v) is 10.3. The minimum Gasteiger partial charge on any atom is -0.273 e. The Bertz CT molecular complexity index is 538. The Morgan fingerprint density at radius 2 is 2.47 bits per heavy atom. The number of carbonyl (C=O) groups is 2. The van der Waals surface area contributed by atoms with Crippen LogP contribution in [0.4, 0.5) is 0 Å². The highest BCUT2D eigenvalue weighted by atomic mass is 16.2. The van der Waals surface area contributed by atoms with E-state index >= 15 is 0 Å². The number of nitrogens with one attached hydrogen (secondary N) is 2. The maximum Gasteiger partial charge on any atom is 0.249 e. The van der Waals surface area contributed by atoms with Crippen molar-refractivity contribution >= 4 is 23.7 Å². The Kier molecular flexibility index (Phi) is 3.97. The van der Waals surface area contributed by atoms with E-state index in [2.05, 4.69) is 26.0 Å². The molecule has 0 bridgehead atoms. The van der Waals surface area contributed by atoms with Gasteiger partial charge in [0.05, 0.1) is 12.1 Å². The van der Waals surface area contributed by atoms with Gasteiger partial charge in [-0.05, 0) is 13.0 Å². The predicted molar refractivity (Wildman–Crippen MR) is 69.3 cm³/mol. The number of nitrogens with zero attached hydrogens (tertiary/aromatic N) is 3. The number of carbonyl (C=O) groups excluding carboxylic acids is 2. The van der Waals surface area contributed by atoms with Crippen molar-refractivity contribution in [1.29, 1.82) is 0 Å². The van der Waals surface area contributed by atoms with Crippen molar-refractivity contribution in [3.63, 3.8) is 0 Å². The first kappa shape index (κ1) is 12.9. The predicted octanol–water partition coefficient (Wildman–Crippen LogP) is 0.0437. The molecule has 19 heavy (non-hydrogen) atoms. The van der Waals surface area contributed by atoms with Gasteiger partial charge in [-0.15, -0.1) is 0 Å². The summed E-state index contributed by atoms with van der Waals surface area (Å²) in [5, 5.41) is 7.57. The van der Waals surface area contributed by atoms with E-state index in [1.165, 1.54) is 6.21 Å². The minimum absolute atomic E-state index is 0.0333. The normalized spacial score (nSPS) is 18.3. The van der Waals surface area contributed by atoms with E-state index in [1.807, 2.05) is 6.07 Å². The van der Waals surface area contributed by atoms with Crippen LogP contribution in [0.2, 0.25) is 0 Å². The average Bonchev–Trinajstić information content (AvgIpc) is 2.72. The maximum absolute atomic E-state index is 11.6. The lowest BCUT2D eigenvalue weighted by Gasteiger charge is -2.05. The Morgan fingerprint density at radius 1 is 1.63 bits per heavy atom. The van der Waals surface area contributed by atoms with E-state index < -0.39 is 5.92 Å². The molecule has 2 N–H and O–H groups in total. The molecule has 0 spiro atoms. The molecule has 1 aliphatic rings. The van der Waals surface area contributed by atoms with Crippen LogP contribution in [-0.4, -0.2) is 28.7 Å². The van der Waals surface area contributed by atoms with Crippen LogP contribution in [0.5, 0.6) is 0 Å². The molecule has 1 atom stereocenters. The summed E-state index contributed by atoms with van der Waals surface area (Å²) < 4.78 is 0. The van der Waals surface area contributed by atoms with Crippen LogP contribution in [-0.2, 0) is 9.59 Å². The van der Waals surface area contributed by atoms with Gasteiger partial charge in [0, 0.05) is 30.1 Å². The van der Waals surface area contributed by atoms with Gasteiger partial charge in [-0.2, -0.15) is 10.2 Å². The smallest absolute Gasteiger partial charge is 0.249 e. The van der Waals surface area contributed by atoms with Gasteiger partial charge in [0.25, 0.3) is 0 Å². The van der Waals surface area contributed by atoms with Crippen molar-refractivity contribution in [3.8, 4) is 0 Å². The molecule has 2 heterocycles. The van der Waals surface area contributed by atoms with Crippen molar-refractivity contribution in [1.82, 2.24) is 15.8 Å². The van der Waals surface area contributed by atoms with Crippen LogP contribution in [0.1, 0.15) is 18.9 Å². The van der Waals surface area contributed by atoms with E-state index in [1.54, 1.807) is 25.4 Å². The molecule has 0 aliphatic carbocycles. The van der Waals surface area contributed by atoms with E-state index in [0.717, 1.165) is 5.56 Å². The van der Waals surface area contributed by atoms with Gasteiger partial charge in [0.15, 0.2) is 0 Å². The number of aromatic nitrogens is 1. The SMILES string of the molecule is CC1=NNC(=O)[C@@H]1CC(=O)N/N=C\c1cccnc1. The second kappa shape index (κ2) is 5.85. The molecule has 0 unspecified atom stereocenters. The molecule has 0 saturated carbocycles. The van der Waals surface area contributed by atoms with Crippen LogP contribution in [0.25, 0.3) is 0 Å². The van der Waals surface area contributed by atoms with Crippen LogP contribution < -0.4 is 10.9 Å². The molecule has 1 aromatic rings. The molecule has 98 valence electrons. The average molecular weight is 259 g/mol. The maximum atomic E-state index is 11.6. The van der Waals surface area contributed by atoms with Crippen molar-refractivity contribution in [2.24, 2.45) is 16.1 Å². The zero-order chi connectivity index (χ0) is 13.7. The molecule has 7 nitrogen and oxygen atoms in total. The summed E-state index contributed by atoms with van der Waals surface area (Å²) in [5.74, 6) is -1.10. The highest BCUT2D eigenvalue weighted by molar-refractivity contribution is 6.09. The first-order valence-corrected chi connectivity index (χ1v) is 5.73. The Hall–Kier alpha value is -2.57. The topological polar surface area (TPSA) is 95.8 Å². The summed E-state index contributed by atoms with van der Waals surface area (Å²) in [6.07, 6.45) is 4.79.